The summed E-state index contributed by atoms with van der Waals surface area (Å²) in [6.45, 7) is 1.47. The number of H-pyrrole nitrogens is 1. The maximum atomic E-state index is 12.3. The quantitative estimate of drug-likeness (QED) is 0.895. The zero-order valence-corrected chi connectivity index (χ0v) is 12.9. The summed E-state index contributed by atoms with van der Waals surface area (Å²) in [6, 6.07) is 5.68. The van der Waals surface area contributed by atoms with E-state index in [2.05, 4.69) is 10.2 Å². The SMILES string of the molecule is NC(=O)c1cc(C2CCN(C(=O)Cc3cccs3)CC2)[nH]n1. The van der Waals surface area contributed by atoms with E-state index in [0.717, 1.165) is 36.5 Å². The summed E-state index contributed by atoms with van der Waals surface area (Å²) >= 11 is 1.61. The van der Waals surface area contributed by atoms with Gasteiger partial charge in [-0.1, -0.05) is 6.07 Å². The molecule has 1 fully saturated rings. The maximum Gasteiger partial charge on any atom is 0.269 e. The predicted molar refractivity (Wildman–Crippen MR) is 83.7 cm³/mol. The zero-order chi connectivity index (χ0) is 15.5. The van der Waals surface area contributed by atoms with E-state index >= 15 is 0 Å². The van der Waals surface area contributed by atoms with Gasteiger partial charge in [-0.3, -0.25) is 14.7 Å². The average Bonchev–Trinajstić information content (AvgIpc) is 3.18. The molecule has 0 unspecified atom stereocenters. The molecule has 7 heteroatoms. The van der Waals surface area contributed by atoms with Crippen LogP contribution in [0.1, 0.15) is 39.8 Å². The normalized spacial score (nSPS) is 15.9. The highest BCUT2D eigenvalue weighted by molar-refractivity contribution is 7.10. The van der Waals surface area contributed by atoms with Crippen LogP contribution in [-0.4, -0.2) is 40.0 Å². The second-order valence-corrected chi connectivity index (χ2v) is 6.52. The van der Waals surface area contributed by atoms with Crippen molar-refractivity contribution in [3.8, 4) is 0 Å². The van der Waals surface area contributed by atoms with Gasteiger partial charge in [-0.25, -0.2) is 0 Å². The second kappa shape index (κ2) is 6.31. The third kappa shape index (κ3) is 3.19. The summed E-state index contributed by atoms with van der Waals surface area (Å²) in [5.74, 6) is -0.0409. The number of nitrogens with one attached hydrogen (secondary N) is 1. The number of hydrogen-bond acceptors (Lipinski definition) is 4. The van der Waals surface area contributed by atoms with E-state index in [-0.39, 0.29) is 11.6 Å². The monoisotopic (exact) mass is 318 g/mol. The molecule has 0 saturated carbocycles. The standard InChI is InChI=1S/C15H18N4O2S/c16-15(21)13-9-12(17-18-13)10-3-5-19(6-4-10)14(20)8-11-2-1-7-22-11/h1-2,7,9-10H,3-6,8H2,(H2,16,21)(H,17,18). The van der Waals surface area contributed by atoms with Crippen molar-refractivity contribution < 1.29 is 9.59 Å². The predicted octanol–water partition coefficient (Wildman–Crippen LogP) is 1.52. The van der Waals surface area contributed by atoms with E-state index in [0.29, 0.717) is 12.3 Å². The molecule has 0 spiro atoms. The zero-order valence-electron chi connectivity index (χ0n) is 12.1. The van der Waals surface area contributed by atoms with E-state index in [9.17, 15) is 9.59 Å². The van der Waals surface area contributed by atoms with Gasteiger partial charge in [0.2, 0.25) is 5.91 Å². The van der Waals surface area contributed by atoms with Crippen LogP contribution in [0.2, 0.25) is 0 Å². The Morgan fingerprint density at radius 1 is 1.41 bits per heavy atom. The Kier molecular flexibility index (Phi) is 4.24. The van der Waals surface area contributed by atoms with Crippen molar-refractivity contribution in [2.75, 3.05) is 13.1 Å². The van der Waals surface area contributed by atoms with Crippen LogP contribution >= 0.6 is 11.3 Å². The first-order valence-corrected chi connectivity index (χ1v) is 8.16. The number of carbonyl (C=O) groups excluding carboxylic acids is 2. The Labute approximate surface area is 132 Å². The molecule has 0 aliphatic carbocycles. The van der Waals surface area contributed by atoms with Crippen molar-refractivity contribution in [1.82, 2.24) is 15.1 Å². The second-order valence-electron chi connectivity index (χ2n) is 5.48. The molecule has 1 aliphatic rings. The summed E-state index contributed by atoms with van der Waals surface area (Å²) in [5, 5.41) is 8.79. The Morgan fingerprint density at radius 2 is 2.18 bits per heavy atom. The molecule has 3 N–H and O–H groups in total. The molecule has 1 aliphatic heterocycles. The highest BCUT2D eigenvalue weighted by Crippen LogP contribution is 2.27. The third-order valence-electron chi connectivity index (χ3n) is 4.04. The van der Waals surface area contributed by atoms with E-state index in [1.54, 1.807) is 17.4 Å². The number of hydrogen-bond donors (Lipinski definition) is 2. The fourth-order valence-corrected chi connectivity index (χ4v) is 3.48. The van der Waals surface area contributed by atoms with Gasteiger partial charge >= 0.3 is 0 Å². The van der Waals surface area contributed by atoms with Crippen LogP contribution in [0.25, 0.3) is 0 Å². The van der Waals surface area contributed by atoms with Gasteiger partial charge in [0.1, 0.15) is 5.69 Å². The van der Waals surface area contributed by atoms with Crippen LogP contribution in [0.15, 0.2) is 23.6 Å². The van der Waals surface area contributed by atoms with Crippen LogP contribution in [0.3, 0.4) is 0 Å². The summed E-state index contributed by atoms with van der Waals surface area (Å²) in [6.07, 6.45) is 2.23. The van der Waals surface area contributed by atoms with E-state index < -0.39 is 5.91 Å². The minimum atomic E-state index is -0.522. The molecule has 0 aromatic carbocycles. The number of nitrogens with two attached hydrogens (primary N) is 1. The largest absolute Gasteiger partial charge is 0.364 e. The first-order chi connectivity index (χ1) is 10.6. The van der Waals surface area contributed by atoms with Crippen molar-refractivity contribution in [2.24, 2.45) is 5.73 Å². The molecule has 2 aromatic rings. The van der Waals surface area contributed by atoms with Crippen LogP contribution in [0.4, 0.5) is 0 Å². The van der Waals surface area contributed by atoms with Crippen molar-refractivity contribution in [1.29, 1.82) is 0 Å². The van der Waals surface area contributed by atoms with Gasteiger partial charge in [0, 0.05) is 29.6 Å². The molecule has 2 aromatic heterocycles. The minimum absolute atomic E-state index is 0.184. The first-order valence-electron chi connectivity index (χ1n) is 7.28. The lowest BCUT2D eigenvalue weighted by Gasteiger charge is -2.31. The number of carbonyl (C=O) groups is 2. The lowest BCUT2D eigenvalue weighted by atomic mass is 9.93. The number of piperidine rings is 1. The molecule has 116 valence electrons. The van der Waals surface area contributed by atoms with Gasteiger partial charge in [-0.05, 0) is 30.4 Å². The molecular formula is C15H18N4O2S. The van der Waals surface area contributed by atoms with Gasteiger partial charge in [0.25, 0.3) is 5.91 Å². The number of aromatic amines is 1. The Morgan fingerprint density at radius 3 is 2.77 bits per heavy atom. The van der Waals surface area contributed by atoms with E-state index in [1.165, 1.54) is 0 Å². The molecule has 3 heterocycles. The van der Waals surface area contributed by atoms with Crippen LogP contribution in [0.5, 0.6) is 0 Å². The van der Waals surface area contributed by atoms with Gasteiger partial charge in [0.05, 0.1) is 6.42 Å². The van der Waals surface area contributed by atoms with Gasteiger partial charge in [0.15, 0.2) is 0 Å². The third-order valence-corrected chi connectivity index (χ3v) is 4.92. The fraction of sp³-hybridized carbons (Fsp3) is 0.400. The average molecular weight is 318 g/mol. The van der Waals surface area contributed by atoms with Crippen molar-refractivity contribution in [3.63, 3.8) is 0 Å². The summed E-state index contributed by atoms with van der Waals surface area (Å²) < 4.78 is 0. The molecule has 6 nitrogen and oxygen atoms in total. The van der Waals surface area contributed by atoms with Crippen molar-refractivity contribution in [2.45, 2.75) is 25.2 Å². The molecule has 22 heavy (non-hydrogen) atoms. The molecule has 0 radical (unpaired) electrons. The summed E-state index contributed by atoms with van der Waals surface area (Å²) in [7, 11) is 0. The molecule has 0 bridgehead atoms. The highest BCUT2D eigenvalue weighted by Gasteiger charge is 2.25. The smallest absolute Gasteiger partial charge is 0.269 e. The number of thiophene rings is 1. The van der Waals surface area contributed by atoms with Crippen molar-refractivity contribution >= 4 is 23.2 Å². The molecule has 3 rings (SSSR count). The van der Waals surface area contributed by atoms with E-state index in [1.807, 2.05) is 22.4 Å². The lowest BCUT2D eigenvalue weighted by molar-refractivity contribution is -0.131. The molecule has 1 saturated heterocycles. The molecule has 0 atom stereocenters. The van der Waals surface area contributed by atoms with Crippen LogP contribution in [-0.2, 0) is 11.2 Å². The number of likely N-dealkylation sites (tertiary alicyclic amines) is 1. The summed E-state index contributed by atoms with van der Waals surface area (Å²) in [5.41, 5.74) is 6.41. The first kappa shape index (κ1) is 14.8. The minimum Gasteiger partial charge on any atom is -0.364 e. The Balaban J connectivity index is 1.55. The van der Waals surface area contributed by atoms with Gasteiger partial charge < -0.3 is 10.6 Å². The number of amides is 2. The fourth-order valence-electron chi connectivity index (χ4n) is 2.79. The maximum absolute atomic E-state index is 12.3. The Bertz CT molecular complexity index is 657. The number of aromatic nitrogens is 2. The highest BCUT2D eigenvalue weighted by atomic mass is 32.1. The molecular weight excluding hydrogens is 300 g/mol. The van der Waals surface area contributed by atoms with Gasteiger partial charge in [-0.15, -0.1) is 11.3 Å². The van der Waals surface area contributed by atoms with E-state index in [4.69, 9.17) is 5.73 Å². The molecule has 2 amide bonds. The lowest BCUT2D eigenvalue weighted by Crippen LogP contribution is -2.38. The topological polar surface area (TPSA) is 92.1 Å². The van der Waals surface area contributed by atoms with Crippen LogP contribution in [0, 0.1) is 0 Å². The van der Waals surface area contributed by atoms with Crippen molar-refractivity contribution in [3.05, 3.63) is 39.8 Å². The number of primary amides is 1. The van der Waals surface area contributed by atoms with Crippen LogP contribution < -0.4 is 5.73 Å². The number of nitrogens with zero attached hydrogens (tertiary/aromatic N) is 2. The number of rotatable bonds is 4. The Hall–Kier alpha value is -2.15. The van der Waals surface area contributed by atoms with Gasteiger partial charge in [-0.2, -0.15) is 5.10 Å². The summed E-state index contributed by atoms with van der Waals surface area (Å²) in [4.78, 5) is 26.4.